The minimum Gasteiger partial charge on any atom is -0.375 e. The van der Waals surface area contributed by atoms with Crippen LogP contribution in [-0.2, 0) is 15.8 Å². The number of hydrogen-bond donors (Lipinski definition) is 3. The molecule has 0 saturated heterocycles. The third-order valence-electron chi connectivity index (χ3n) is 1.53. The zero-order valence-electron chi connectivity index (χ0n) is 7.80. The Kier molecular flexibility index (Phi) is 4.01. The summed E-state index contributed by atoms with van der Waals surface area (Å²) in [7, 11) is -3.46. The second-order valence-electron chi connectivity index (χ2n) is 2.84. The Hall–Kier alpha value is -1.18. The van der Waals surface area contributed by atoms with Crippen LogP contribution >= 0.6 is 12.2 Å². The summed E-state index contributed by atoms with van der Waals surface area (Å²) in [6.07, 6.45) is 0. The van der Waals surface area contributed by atoms with Crippen LogP contribution in [0.25, 0.3) is 0 Å². The summed E-state index contributed by atoms with van der Waals surface area (Å²) in [6.45, 7) is 0. The third kappa shape index (κ3) is 4.73. The molecule has 5 nitrogen and oxygen atoms in total. The molecule has 1 aromatic carbocycles. The van der Waals surface area contributed by atoms with Gasteiger partial charge in [-0.3, -0.25) is 5.43 Å². The number of thiocarbonyl (C=S) groups is 1. The summed E-state index contributed by atoms with van der Waals surface area (Å²) >= 11 is 4.47. The molecule has 1 rings (SSSR count). The van der Waals surface area contributed by atoms with Crippen molar-refractivity contribution in [3.8, 4) is 0 Å². The molecule has 1 aromatic rings. The van der Waals surface area contributed by atoms with Gasteiger partial charge in [-0.25, -0.2) is 8.42 Å². The van der Waals surface area contributed by atoms with Crippen molar-refractivity contribution in [3.63, 3.8) is 0 Å². The summed E-state index contributed by atoms with van der Waals surface area (Å²) in [6, 6.07) is 8.80. The molecular weight excluding hydrogens is 234 g/mol. The molecule has 0 aliphatic carbocycles. The standard InChI is InChI=1S/C8H11N3O2S2/c9-8(14)10-11-15(12,13)6-7-4-2-1-3-5-7/h1-5,11H,6H2,(H3,9,10,14). The summed E-state index contributed by atoms with van der Waals surface area (Å²) in [5.74, 6) is -0.122. The number of rotatable bonds is 4. The molecule has 0 unspecified atom stereocenters. The summed E-state index contributed by atoms with van der Waals surface area (Å²) in [5.41, 5.74) is 7.95. The molecule has 0 heterocycles. The highest BCUT2D eigenvalue weighted by Crippen LogP contribution is 2.02. The van der Waals surface area contributed by atoms with Crippen LogP contribution in [0.15, 0.2) is 30.3 Å². The van der Waals surface area contributed by atoms with Crippen LogP contribution in [0.1, 0.15) is 5.56 Å². The van der Waals surface area contributed by atoms with Crippen molar-refractivity contribution in [2.24, 2.45) is 5.73 Å². The van der Waals surface area contributed by atoms with E-state index in [0.29, 0.717) is 5.56 Å². The fraction of sp³-hybridized carbons (Fsp3) is 0.125. The first kappa shape index (κ1) is 11.9. The summed E-state index contributed by atoms with van der Waals surface area (Å²) in [5, 5.41) is -0.119. The number of sulfonamides is 1. The molecule has 0 bridgehead atoms. The molecule has 0 aromatic heterocycles. The monoisotopic (exact) mass is 245 g/mol. The fourth-order valence-corrected chi connectivity index (χ4v) is 2.04. The van der Waals surface area contributed by atoms with E-state index in [9.17, 15) is 8.42 Å². The first-order valence-corrected chi connectivity index (χ1v) is 6.14. The molecule has 4 N–H and O–H groups in total. The van der Waals surface area contributed by atoms with Gasteiger partial charge in [0, 0.05) is 0 Å². The highest BCUT2D eigenvalue weighted by atomic mass is 32.2. The van der Waals surface area contributed by atoms with Crippen LogP contribution in [0.3, 0.4) is 0 Å². The van der Waals surface area contributed by atoms with Gasteiger partial charge in [0.2, 0.25) is 10.0 Å². The highest BCUT2D eigenvalue weighted by Gasteiger charge is 2.10. The lowest BCUT2D eigenvalue weighted by Crippen LogP contribution is -2.44. The predicted molar refractivity (Wildman–Crippen MR) is 62.1 cm³/mol. The Morgan fingerprint density at radius 1 is 1.33 bits per heavy atom. The molecule has 82 valence electrons. The predicted octanol–water partition coefficient (Wildman–Crippen LogP) is -0.146. The first-order chi connectivity index (χ1) is 6.99. The van der Waals surface area contributed by atoms with Gasteiger partial charge in [-0.2, -0.15) is 0 Å². The van der Waals surface area contributed by atoms with Crippen molar-refractivity contribution in [2.45, 2.75) is 5.75 Å². The van der Waals surface area contributed by atoms with Gasteiger partial charge in [-0.05, 0) is 17.8 Å². The van der Waals surface area contributed by atoms with Crippen LogP contribution in [0.5, 0.6) is 0 Å². The van der Waals surface area contributed by atoms with E-state index in [1.165, 1.54) is 0 Å². The Labute approximate surface area is 93.7 Å². The van der Waals surface area contributed by atoms with Crippen molar-refractivity contribution in [1.29, 1.82) is 0 Å². The Balaban J connectivity index is 2.61. The molecule has 0 amide bonds. The van der Waals surface area contributed by atoms with E-state index >= 15 is 0 Å². The van der Waals surface area contributed by atoms with Crippen molar-refractivity contribution in [1.82, 2.24) is 10.3 Å². The SMILES string of the molecule is NC(=S)NNS(=O)(=O)Cc1ccccc1. The van der Waals surface area contributed by atoms with E-state index in [1.54, 1.807) is 24.3 Å². The minimum absolute atomic E-state index is 0.119. The Morgan fingerprint density at radius 3 is 2.47 bits per heavy atom. The van der Waals surface area contributed by atoms with Crippen molar-refractivity contribution in [3.05, 3.63) is 35.9 Å². The largest absolute Gasteiger partial charge is 0.375 e. The Bertz CT molecular complexity index is 430. The maximum Gasteiger partial charge on any atom is 0.232 e. The van der Waals surface area contributed by atoms with E-state index in [2.05, 4.69) is 22.5 Å². The molecule has 7 heteroatoms. The van der Waals surface area contributed by atoms with Crippen LogP contribution in [-0.4, -0.2) is 13.5 Å². The second kappa shape index (κ2) is 5.06. The molecule has 0 aliphatic heterocycles. The average Bonchev–Trinajstić information content (AvgIpc) is 2.16. The number of nitrogens with one attached hydrogen (secondary N) is 2. The molecule has 0 spiro atoms. The zero-order valence-corrected chi connectivity index (χ0v) is 9.44. The normalized spacial score (nSPS) is 10.9. The van der Waals surface area contributed by atoms with Crippen molar-refractivity contribution in [2.75, 3.05) is 0 Å². The van der Waals surface area contributed by atoms with E-state index in [4.69, 9.17) is 5.73 Å². The van der Waals surface area contributed by atoms with Crippen LogP contribution in [0, 0.1) is 0 Å². The van der Waals surface area contributed by atoms with Gasteiger partial charge >= 0.3 is 0 Å². The maximum absolute atomic E-state index is 11.4. The molecule has 0 radical (unpaired) electrons. The Morgan fingerprint density at radius 2 is 1.93 bits per heavy atom. The summed E-state index contributed by atoms with van der Waals surface area (Å²) in [4.78, 5) is 2.06. The zero-order chi connectivity index (χ0) is 11.3. The molecule has 0 saturated carbocycles. The van der Waals surface area contributed by atoms with Gasteiger partial charge in [-0.15, -0.1) is 4.83 Å². The summed E-state index contributed by atoms with van der Waals surface area (Å²) < 4.78 is 22.8. The average molecular weight is 245 g/mol. The van der Waals surface area contributed by atoms with Crippen LogP contribution in [0.2, 0.25) is 0 Å². The maximum atomic E-state index is 11.4. The smallest absolute Gasteiger partial charge is 0.232 e. The topological polar surface area (TPSA) is 84.2 Å². The second-order valence-corrected chi connectivity index (χ2v) is 5.00. The number of benzene rings is 1. The van der Waals surface area contributed by atoms with E-state index in [0.717, 1.165) is 0 Å². The van der Waals surface area contributed by atoms with Gasteiger partial charge in [0.25, 0.3) is 0 Å². The fourth-order valence-electron chi connectivity index (χ4n) is 0.958. The lowest BCUT2D eigenvalue weighted by molar-refractivity contribution is 0.576. The quantitative estimate of drug-likeness (QED) is 0.507. The van der Waals surface area contributed by atoms with Gasteiger partial charge < -0.3 is 5.73 Å². The van der Waals surface area contributed by atoms with E-state index in [1.807, 2.05) is 6.07 Å². The molecule has 0 fully saturated rings. The lowest BCUT2D eigenvalue weighted by Gasteiger charge is -2.07. The number of hydrazine groups is 1. The van der Waals surface area contributed by atoms with Gasteiger partial charge in [0.15, 0.2) is 5.11 Å². The number of nitrogens with two attached hydrogens (primary N) is 1. The molecule has 15 heavy (non-hydrogen) atoms. The molecule has 0 aliphatic rings. The van der Waals surface area contributed by atoms with Crippen molar-refractivity contribution < 1.29 is 8.42 Å². The minimum atomic E-state index is -3.46. The van der Waals surface area contributed by atoms with Crippen LogP contribution < -0.4 is 16.0 Å². The van der Waals surface area contributed by atoms with Crippen molar-refractivity contribution >= 4 is 27.4 Å². The van der Waals surface area contributed by atoms with Gasteiger partial charge in [0.1, 0.15) is 0 Å². The van der Waals surface area contributed by atoms with E-state index < -0.39 is 10.0 Å². The van der Waals surface area contributed by atoms with Crippen LogP contribution in [0.4, 0.5) is 0 Å². The molecule has 0 atom stereocenters. The highest BCUT2D eigenvalue weighted by molar-refractivity contribution is 7.88. The van der Waals surface area contributed by atoms with E-state index in [-0.39, 0.29) is 10.9 Å². The number of hydrogen-bond acceptors (Lipinski definition) is 3. The van der Waals surface area contributed by atoms with Gasteiger partial charge in [0.05, 0.1) is 5.75 Å². The lowest BCUT2D eigenvalue weighted by atomic mass is 10.2. The van der Waals surface area contributed by atoms with Gasteiger partial charge in [-0.1, -0.05) is 30.3 Å². The third-order valence-corrected chi connectivity index (χ3v) is 2.76. The molecular formula is C8H11N3O2S2. The first-order valence-electron chi connectivity index (χ1n) is 4.08.